The molecule has 1 aliphatic carbocycles. The first-order valence-corrected chi connectivity index (χ1v) is 8.57. The Balaban J connectivity index is 1.74. The number of fused-ring (bicyclic) bond motifs is 3. The number of anilines is 1. The molecule has 0 saturated heterocycles. The molecule has 4 nitrogen and oxygen atoms in total. The lowest BCUT2D eigenvalue weighted by atomic mass is 9.97. The molecule has 0 radical (unpaired) electrons. The van der Waals surface area contributed by atoms with Gasteiger partial charge in [0.05, 0.1) is 17.1 Å². The predicted octanol–water partition coefficient (Wildman–Crippen LogP) is 4.14. The van der Waals surface area contributed by atoms with Crippen LogP contribution in [-0.4, -0.2) is 15.0 Å². The maximum absolute atomic E-state index is 4.51. The molecule has 4 rings (SSSR count). The molecular formula is C17H18N4S. The second kappa shape index (κ2) is 5.65. The van der Waals surface area contributed by atoms with Crippen molar-refractivity contribution in [3.8, 4) is 0 Å². The van der Waals surface area contributed by atoms with Crippen LogP contribution >= 0.6 is 11.3 Å². The van der Waals surface area contributed by atoms with Crippen LogP contribution in [0.2, 0.25) is 0 Å². The molecule has 3 heterocycles. The molecule has 3 aromatic heterocycles. The van der Waals surface area contributed by atoms with E-state index in [1.165, 1.54) is 35.1 Å². The van der Waals surface area contributed by atoms with Gasteiger partial charge in [-0.05, 0) is 50.3 Å². The van der Waals surface area contributed by atoms with Crippen molar-refractivity contribution in [2.75, 3.05) is 5.32 Å². The highest BCUT2D eigenvalue weighted by Gasteiger charge is 2.20. The Hall–Kier alpha value is -2.01. The third-order valence-electron chi connectivity index (χ3n) is 4.24. The molecule has 0 fully saturated rings. The molecule has 5 heteroatoms. The number of rotatable bonds is 3. The molecule has 0 amide bonds. The molecule has 0 aliphatic heterocycles. The smallest absolute Gasteiger partial charge is 0.138 e. The largest absolute Gasteiger partial charge is 0.361 e. The summed E-state index contributed by atoms with van der Waals surface area (Å²) >= 11 is 1.83. The van der Waals surface area contributed by atoms with Crippen LogP contribution in [0.3, 0.4) is 0 Å². The highest BCUT2D eigenvalue weighted by molar-refractivity contribution is 7.19. The van der Waals surface area contributed by atoms with Crippen molar-refractivity contribution in [3.63, 3.8) is 0 Å². The van der Waals surface area contributed by atoms with Crippen LogP contribution in [-0.2, 0) is 12.8 Å². The summed E-state index contributed by atoms with van der Waals surface area (Å²) in [6, 6.07) is 6.12. The van der Waals surface area contributed by atoms with Crippen molar-refractivity contribution >= 4 is 27.4 Å². The summed E-state index contributed by atoms with van der Waals surface area (Å²) in [7, 11) is 0. The van der Waals surface area contributed by atoms with E-state index in [9.17, 15) is 0 Å². The quantitative estimate of drug-likeness (QED) is 0.790. The molecular weight excluding hydrogens is 292 g/mol. The van der Waals surface area contributed by atoms with E-state index in [1.807, 2.05) is 35.7 Å². The van der Waals surface area contributed by atoms with E-state index >= 15 is 0 Å². The Labute approximate surface area is 133 Å². The predicted molar refractivity (Wildman–Crippen MR) is 90.3 cm³/mol. The van der Waals surface area contributed by atoms with Crippen molar-refractivity contribution < 1.29 is 0 Å². The lowest BCUT2D eigenvalue weighted by molar-refractivity contribution is 0.700. The molecule has 22 heavy (non-hydrogen) atoms. The first-order chi connectivity index (χ1) is 10.8. The van der Waals surface area contributed by atoms with E-state index < -0.39 is 0 Å². The second-order valence-electron chi connectivity index (χ2n) is 5.73. The van der Waals surface area contributed by atoms with Crippen molar-refractivity contribution in [1.82, 2.24) is 15.0 Å². The maximum Gasteiger partial charge on any atom is 0.138 e. The minimum absolute atomic E-state index is 0.124. The normalized spacial score (nSPS) is 15.5. The summed E-state index contributed by atoms with van der Waals surface area (Å²) in [6.45, 7) is 2.12. The number of nitrogens with zero attached hydrogens (tertiary/aromatic N) is 3. The lowest BCUT2D eigenvalue weighted by Crippen LogP contribution is -2.10. The van der Waals surface area contributed by atoms with Gasteiger partial charge in [-0.1, -0.05) is 6.07 Å². The zero-order valence-corrected chi connectivity index (χ0v) is 13.4. The Morgan fingerprint density at radius 2 is 2.05 bits per heavy atom. The molecule has 3 aromatic rings. The van der Waals surface area contributed by atoms with Crippen molar-refractivity contribution in [1.29, 1.82) is 0 Å². The SMILES string of the molecule is C[C@H](Nc1ncnc2sc3c(c12)CCCC3)c1ccccn1. The molecule has 112 valence electrons. The van der Waals surface area contributed by atoms with Crippen LogP contribution in [0.5, 0.6) is 0 Å². The average molecular weight is 310 g/mol. The van der Waals surface area contributed by atoms with Crippen LogP contribution in [0.25, 0.3) is 10.2 Å². The number of thiophene rings is 1. The van der Waals surface area contributed by atoms with E-state index in [2.05, 4.69) is 27.2 Å². The fourth-order valence-corrected chi connectivity index (χ4v) is 4.34. The molecule has 0 saturated carbocycles. The van der Waals surface area contributed by atoms with Gasteiger partial charge in [-0.2, -0.15) is 0 Å². The fraction of sp³-hybridized carbons (Fsp3) is 0.353. The van der Waals surface area contributed by atoms with Crippen molar-refractivity contribution in [3.05, 3.63) is 46.9 Å². The third kappa shape index (κ3) is 2.35. The zero-order chi connectivity index (χ0) is 14.9. The minimum Gasteiger partial charge on any atom is -0.361 e. The average Bonchev–Trinajstić information content (AvgIpc) is 2.95. The van der Waals surface area contributed by atoms with Crippen LogP contribution in [0.15, 0.2) is 30.7 Å². The van der Waals surface area contributed by atoms with Crippen molar-refractivity contribution in [2.24, 2.45) is 0 Å². The number of hydrogen-bond donors (Lipinski definition) is 1. The fourth-order valence-electron chi connectivity index (χ4n) is 3.11. The Morgan fingerprint density at radius 3 is 2.91 bits per heavy atom. The molecule has 1 N–H and O–H groups in total. The molecule has 0 unspecified atom stereocenters. The van der Waals surface area contributed by atoms with Gasteiger partial charge in [-0.15, -0.1) is 11.3 Å². The Morgan fingerprint density at radius 1 is 1.14 bits per heavy atom. The van der Waals surface area contributed by atoms with Gasteiger partial charge in [0.1, 0.15) is 17.0 Å². The number of hydrogen-bond acceptors (Lipinski definition) is 5. The first-order valence-electron chi connectivity index (χ1n) is 7.75. The number of pyridine rings is 1. The van der Waals surface area contributed by atoms with E-state index in [0.717, 1.165) is 22.8 Å². The molecule has 1 aliphatic rings. The summed E-state index contributed by atoms with van der Waals surface area (Å²) in [5.41, 5.74) is 2.49. The standard InChI is InChI=1S/C17H18N4S/c1-11(13-7-4-5-9-18-13)21-16-15-12-6-2-3-8-14(12)22-17(15)20-10-19-16/h4-5,7,9-11H,2-3,6,8H2,1H3,(H,19,20,21)/t11-/m0/s1. The maximum atomic E-state index is 4.51. The van der Waals surface area contributed by atoms with E-state index in [1.54, 1.807) is 6.33 Å². The van der Waals surface area contributed by atoms with Gasteiger partial charge in [0.25, 0.3) is 0 Å². The third-order valence-corrected chi connectivity index (χ3v) is 5.44. The van der Waals surface area contributed by atoms with Gasteiger partial charge in [0, 0.05) is 11.1 Å². The molecule has 0 aromatic carbocycles. The van der Waals surface area contributed by atoms with Gasteiger partial charge in [-0.25, -0.2) is 9.97 Å². The highest BCUT2D eigenvalue weighted by atomic mass is 32.1. The van der Waals surface area contributed by atoms with Gasteiger partial charge in [0.2, 0.25) is 0 Å². The summed E-state index contributed by atoms with van der Waals surface area (Å²) in [5, 5.41) is 4.76. The minimum atomic E-state index is 0.124. The lowest BCUT2D eigenvalue weighted by Gasteiger charge is -2.16. The second-order valence-corrected chi connectivity index (χ2v) is 6.82. The Kier molecular flexibility index (Phi) is 3.50. The van der Waals surface area contributed by atoms with Crippen LogP contribution in [0.1, 0.15) is 41.9 Å². The number of aryl methyl sites for hydroxylation is 2. The molecule has 0 spiro atoms. The topological polar surface area (TPSA) is 50.7 Å². The summed E-state index contributed by atoms with van der Waals surface area (Å²) in [6.07, 6.45) is 8.39. The monoisotopic (exact) mass is 310 g/mol. The molecule has 0 bridgehead atoms. The highest BCUT2D eigenvalue weighted by Crippen LogP contribution is 2.38. The molecule has 1 atom stereocenters. The first kappa shape index (κ1) is 13.6. The Bertz CT molecular complexity index is 797. The van der Waals surface area contributed by atoms with Crippen molar-refractivity contribution in [2.45, 2.75) is 38.6 Å². The van der Waals surface area contributed by atoms with Crippen LogP contribution < -0.4 is 5.32 Å². The van der Waals surface area contributed by atoms with Crippen LogP contribution in [0, 0.1) is 0 Å². The zero-order valence-electron chi connectivity index (χ0n) is 12.5. The van der Waals surface area contributed by atoms with E-state index in [-0.39, 0.29) is 6.04 Å². The summed E-state index contributed by atoms with van der Waals surface area (Å²) in [5.74, 6) is 0.947. The summed E-state index contributed by atoms with van der Waals surface area (Å²) in [4.78, 5) is 16.0. The van der Waals surface area contributed by atoms with Crippen LogP contribution in [0.4, 0.5) is 5.82 Å². The summed E-state index contributed by atoms with van der Waals surface area (Å²) < 4.78 is 0. The van der Waals surface area contributed by atoms with Gasteiger partial charge >= 0.3 is 0 Å². The number of aromatic nitrogens is 3. The van der Waals surface area contributed by atoms with E-state index in [0.29, 0.717) is 0 Å². The van der Waals surface area contributed by atoms with Gasteiger partial charge in [-0.3, -0.25) is 4.98 Å². The van der Waals surface area contributed by atoms with Gasteiger partial charge in [0.15, 0.2) is 0 Å². The van der Waals surface area contributed by atoms with E-state index in [4.69, 9.17) is 0 Å². The van der Waals surface area contributed by atoms with Gasteiger partial charge < -0.3 is 5.32 Å². The number of nitrogens with one attached hydrogen (secondary N) is 1.